The Morgan fingerprint density at radius 3 is 2.33 bits per heavy atom. The molecule has 0 saturated carbocycles. The number of nitrogens with one attached hydrogen (secondary N) is 1. The summed E-state index contributed by atoms with van der Waals surface area (Å²) in [6, 6.07) is 0. The Morgan fingerprint density at radius 1 is 1.42 bits per heavy atom. The van der Waals surface area contributed by atoms with Crippen molar-refractivity contribution >= 4 is 18.2 Å². The second kappa shape index (κ2) is 5.41. The minimum atomic E-state index is 0. The van der Waals surface area contributed by atoms with Crippen LogP contribution in [0, 0.1) is 11.3 Å². The zero-order valence-corrected chi connectivity index (χ0v) is 8.78. The number of amidine groups is 1. The van der Waals surface area contributed by atoms with Crippen LogP contribution in [0.15, 0.2) is 0 Å². The first kappa shape index (κ1) is 11.8. The van der Waals surface area contributed by atoms with Crippen LogP contribution in [0.4, 0.5) is 0 Å². The van der Waals surface area contributed by atoms with Gasteiger partial charge in [-0.1, -0.05) is 13.8 Å². The third-order valence-electron chi connectivity index (χ3n) is 2.53. The highest BCUT2D eigenvalue weighted by atomic mass is 35.5. The summed E-state index contributed by atoms with van der Waals surface area (Å²) in [4.78, 5) is 2.22. The van der Waals surface area contributed by atoms with Crippen molar-refractivity contribution in [1.82, 2.24) is 4.90 Å². The molecule has 1 heterocycles. The fraction of sp³-hybridized carbons (Fsp3) is 0.889. The van der Waals surface area contributed by atoms with Gasteiger partial charge in [0.05, 0.1) is 5.84 Å². The van der Waals surface area contributed by atoms with Gasteiger partial charge in [0, 0.05) is 19.0 Å². The fourth-order valence-corrected chi connectivity index (χ4v) is 1.46. The third-order valence-corrected chi connectivity index (χ3v) is 2.53. The summed E-state index contributed by atoms with van der Waals surface area (Å²) in [7, 11) is 0. The first-order chi connectivity index (χ1) is 5.25. The Bertz CT molecular complexity index is 141. The zero-order valence-electron chi connectivity index (χ0n) is 7.97. The van der Waals surface area contributed by atoms with Crippen LogP contribution in [0.2, 0.25) is 0 Å². The largest absolute Gasteiger partial charge is 0.360 e. The molecule has 12 heavy (non-hydrogen) atoms. The van der Waals surface area contributed by atoms with E-state index in [2.05, 4.69) is 18.7 Å². The molecule has 1 fully saturated rings. The SMILES string of the molecule is CCC(C)C(=N)N1CCCC1.Cl. The van der Waals surface area contributed by atoms with Gasteiger partial charge in [0.2, 0.25) is 0 Å². The highest BCUT2D eigenvalue weighted by Crippen LogP contribution is 2.13. The van der Waals surface area contributed by atoms with Crippen LogP contribution in [0.25, 0.3) is 0 Å². The average molecular weight is 191 g/mol. The molecule has 0 aliphatic carbocycles. The van der Waals surface area contributed by atoms with E-state index in [1.54, 1.807) is 0 Å². The average Bonchev–Trinajstić information content (AvgIpc) is 2.53. The molecule has 1 rings (SSSR count). The summed E-state index contributed by atoms with van der Waals surface area (Å²) in [6.45, 7) is 6.52. The molecular weight excluding hydrogens is 172 g/mol. The molecule has 0 aromatic heterocycles. The van der Waals surface area contributed by atoms with E-state index < -0.39 is 0 Å². The van der Waals surface area contributed by atoms with Gasteiger partial charge in [-0.2, -0.15) is 0 Å². The number of nitrogens with zero attached hydrogens (tertiary/aromatic N) is 1. The predicted octanol–water partition coefficient (Wildman–Crippen LogP) is 2.53. The maximum Gasteiger partial charge on any atom is 0.0986 e. The van der Waals surface area contributed by atoms with Crippen LogP contribution in [-0.4, -0.2) is 23.8 Å². The molecule has 0 aromatic rings. The summed E-state index contributed by atoms with van der Waals surface area (Å²) in [5.74, 6) is 1.30. The van der Waals surface area contributed by atoms with Gasteiger partial charge >= 0.3 is 0 Å². The molecule has 0 spiro atoms. The van der Waals surface area contributed by atoms with Gasteiger partial charge in [0.15, 0.2) is 0 Å². The normalized spacial score (nSPS) is 18.7. The van der Waals surface area contributed by atoms with E-state index in [9.17, 15) is 0 Å². The Labute approximate surface area is 81.3 Å². The molecule has 72 valence electrons. The summed E-state index contributed by atoms with van der Waals surface area (Å²) in [5, 5.41) is 7.82. The van der Waals surface area contributed by atoms with Crippen molar-refractivity contribution in [1.29, 1.82) is 5.41 Å². The summed E-state index contributed by atoms with van der Waals surface area (Å²) in [5.41, 5.74) is 0. The fourth-order valence-electron chi connectivity index (χ4n) is 1.46. The standard InChI is InChI=1S/C9H18N2.ClH/c1-3-8(2)9(10)11-6-4-5-7-11;/h8,10H,3-7H2,1-2H3;1H. The summed E-state index contributed by atoms with van der Waals surface area (Å²) >= 11 is 0. The zero-order chi connectivity index (χ0) is 8.27. The van der Waals surface area contributed by atoms with Crippen molar-refractivity contribution in [3.05, 3.63) is 0 Å². The van der Waals surface area contributed by atoms with Crippen LogP contribution in [0.3, 0.4) is 0 Å². The molecule has 1 aliphatic rings. The molecular formula is C9H19ClN2. The van der Waals surface area contributed by atoms with Crippen molar-refractivity contribution in [3.63, 3.8) is 0 Å². The molecule has 1 aliphatic heterocycles. The van der Waals surface area contributed by atoms with Gasteiger partial charge < -0.3 is 4.90 Å². The van der Waals surface area contributed by atoms with Crippen LogP contribution < -0.4 is 0 Å². The Balaban J connectivity index is 0.00000121. The van der Waals surface area contributed by atoms with Gasteiger partial charge in [-0.25, -0.2) is 0 Å². The van der Waals surface area contributed by atoms with Gasteiger partial charge in [0.1, 0.15) is 0 Å². The van der Waals surface area contributed by atoms with E-state index >= 15 is 0 Å². The second-order valence-electron chi connectivity index (χ2n) is 3.39. The topological polar surface area (TPSA) is 27.1 Å². The van der Waals surface area contributed by atoms with Gasteiger partial charge in [-0.05, 0) is 19.3 Å². The summed E-state index contributed by atoms with van der Waals surface area (Å²) < 4.78 is 0. The Hall–Kier alpha value is -0.240. The van der Waals surface area contributed by atoms with Crippen molar-refractivity contribution < 1.29 is 0 Å². The first-order valence-corrected chi connectivity index (χ1v) is 4.59. The maximum atomic E-state index is 7.82. The maximum absolute atomic E-state index is 7.82. The van der Waals surface area contributed by atoms with Crippen molar-refractivity contribution in [3.8, 4) is 0 Å². The lowest BCUT2D eigenvalue weighted by Gasteiger charge is -2.22. The number of hydrogen-bond donors (Lipinski definition) is 1. The van der Waals surface area contributed by atoms with Gasteiger partial charge in [-0.15, -0.1) is 12.4 Å². The lowest BCUT2D eigenvalue weighted by molar-refractivity contribution is 0.473. The molecule has 1 atom stereocenters. The van der Waals surface area contributed by atoms with Crippen molar-refractivity contribution in [2.45, 2.75) is 33.1 Å². The third kappa shape index (κ3) is 2.67. The molecule has 1 saturated heterocycles. The molecule has 1 unspecified atom stereocenters. The molecule has 2 nitrogen and oxygen atoms in total. The highest BCUT2D eigenvalue weighted by molar-refractivity contribution is 5.85. The number of likely N-dealkylation sites (tertiary alicyclic amines) is 1. The molecule has 3 heteroatoms. The molecule has 0 amide bonds. The second-order valence-corrected chi connectivity index (χ2v) is 3.39. The van der Waals surface area contributed by atoms with E-state index in [4.69, 9.17) is 5.41 Å². The molecule has 1 N–H and O–H groups in total. The minimum absolute atomic E-state index is 0. The monoisotopic (exact) mass is 190 g/mol. The molecule has 0 bridgehead atoms. The van der Waals surface area contributed by atoms with E-state index in [0.717, 1.165) is 25.3 Å². The van der Waals surface area contributed by atoms with E-state index in [1.807, 2.05) is 0 Å². The quantitative estimate of drug-likeness (QED) is 0.526. The van der Waals surface area contributed by atoms with Crippen molar-refractivity contribution in [2.75, 3.05) is 13.1 Å². The lowest BCUT2D eigenvalue weighted by Crippen LogP contribution is -2.31. The smallest absolute Gasteiger partial charge is 0.0986 e. The summed E-state index contributed by atoms with van der Waals surface area (Å²) in [6.07, 6.45) is 3.65. The van der Waals surface area contributed by atoms with Crippen LogP contribution in [-0.2, 0) is 0 Å². The van der Waals surface area contributed by atoms with Crippen LogP contribution in [0.1, 0.15) is 33.1 Å². The first-order valence-electron chi connectivity index (χ1n) is 4.59. The molecule has 0 radical (unpaired) electrons. The predicted molar refractivity (Wildman–Crippen MR) is 55.2 cm³/mol. The molecule has 0 aromatic carbocycles. The number of hydrogen-bond acceptors (Lipinski definition) is 1. The minimum Gasteiger partial charge on any atom is -0.360 e. The van der Waals surface area contributed by atoms with E-state index in [1.165, 1.54) is 12.8 Å². The Kier molecular flexibility index (Phi) is 5.31. The van der Waals surface area contributed by atoms with E-state index in [0.29, 0.717) is 5.92 Å². The number of halogens is 1. The van der Waals surface area contributed by atoms with Crippen LogP contribution in [0.5, 0.6) is 0 Å². The van der Waals surface area contributed by atoms with E-state index in [-0.39, 0.29) is 12.4 Å². The Morgan fingerprint density at radius 2 is 1.92 bits per heavy atom. The van der Waals surface area contributed by atoms with Crippen LogP contribution >= 0.6 is 12.4 Å². The van der Waals surface area contributed by atoms with Gasteiger partial charge in [0.25, 0.3) is 0 Å². The van der Waals surface area contributed by atoms with Gasteiger partial charge in [-0.3, -0.25) is 5.41 Å². The lowest BCUT2D eigenvalue weighted by atomic mass is 10.1. The highest BCUT2D eigenvalue weighted by Gasteiger charge is 2.17. The number of rotatable bonds is 2. The van der Waals surface area contributed by atoms with Crippen molar-refractivity contribution in [2.24, 2.45) is 5.92 Å².